The lowest BCUT2D eigenvalue weighted by atomic mass is 10.2. The van der Waals surface area contributed by atoms with E-state index in [1.54, 1.807) is 11.8 Å². The van der Waals surface area contributed by atoms with Crippen LogP contribution in [0.1, 0.15) is 5.56 Å². The Hall–Kier alpha value is -0.670. The van der Waals surface area contributed by atoms with Gasteiger partial charge >= 0.3 is 0 Å². The number of hydrogen-bond acceptors (Lipinski definition) is 2. The lowest BCUT2D eigenvalue weighted by molar-refractivity contribution is 0.619. The van der Waals surface area contributed by atoms with Crippen molar-refractivity contribution in [2.24, 2.45) is 4.99 Å². The molecule has 1 aromatic carbocycles. The van der Waals surface area contributed by atoms with E-state index < -0.39 is 0 Å². The third-order valence-corrected chi connectivity index (χ3v) is 2.79. The Labute approximate surface area is 100 Å². The van der Waals surface area contributed by atoms with Gasteiger partial charge < -0.3 is 4.90 Å². The standard InChI is InChI=1S/C11H15ClN2S/c1-9-6-10(12)4-5-11(9)13-7-14(2)8-15-3/h4-7H,8H2,1-3H3. The molecule has 2 nitrogen and oxygen atoms in total. The first-order chi connectivity index (χ1) is 7.13. The normalized spacial score (nSPS) is 10.9. The molecule has 0 unspecified atom stereocenters. The van der Waals surface area contributed by atoms with Gasteiger partial charge in [-0.2, -0.15) is 0 Å². The van der Waals surface area contributed by atoms with Gasteiger partial charge in [0.25, 0.3) is 0 Å². The second kappa shape index (κ2) is 6.03. The van der Waals surface area contributed by atoms with Gasteiger partial charge in [0.1, 0.15) is 0 Å². The van der Waals surface area contributed by atoms with E-state index in [1.165, 1.54) is 0 Å². The molecule has 0 radical (unpaired) electrons. The first-order valence-corrected chi connectivity index (χ1v) is 6.40. The first-order valence-electron chi connectivity index (χ1n) is 4.63. The van der Waals surface area contributed by atoms with Gasteiger partial charge in [-0.25, -0.2) is 4.99 Å². The third-order valence-electron chi connectivity index (χ3n) is 1.89. The smallest absolute Gasteiger partial charge is 0.0916 e. The van der Waals surface area contributed by atoms with Gasteiger partial charge in [-0.3, -0.25) is 0 Å². The minimum Gasteiger partial charge on any atom is -0.356 e. The lowest BCUT2D eigenvalue weighted by Crippen LogP contribution is -2.14. The van der Waals surface area contributed by atoms with Gasteiger partial charge in [0.15, 0.2) is 0 Å². The fourth-order valence-electron chi connectivity index (χ4n) is 1.16. The van der Waals surface area contributed by atoms with Crippen molar-refractivity contribution in [2.75, 3.05) is 19.2 Å². The van der Waals surface area contributed by atoms with Crippen LogP contribution in [0.2, 0.25) is 5.02 Å². The number of rotatable bonds is 4. The fourth-order valence-corrected chi connectivity index (χ4v) is 1.86. The maximum absolute atomic E-state index is 5.86. The Morgan fingerprint density at radius 1 is 1.53 bits per heavy atom. The Bertz CT molecular complexity index is 352. The van der Waals surface area contributed by atoms with E-state index in [0.29, 0.717) is 0 Å². The molecule has 0 spiro atoms. The van der Waals surface area contributed by atoms with Gasteiger partial charge in [0.05, 0.1) is 17.9 Å². The van der Waals surface area contributed by atoms with Crippen molar-refractivity contribution in [3.05, 3.63) is 28.8 Å². The summed E-state index contributed by atoms with van der Waals surface area (Å²) in [7, 11) is 2.01. The number of aliphatic imine (C=N–C) groups is 1. The summed E-state index contributed by atoms with van der Waals surface area (Å²) in [5.41, 5.74) is 2.06. The zero-order chi connectivity index (χ0) is 11.3. The van der Waals surface area contributed by atoms with Crippen LogP contribution in [0.15, 0.2) is 23.2 Å². The highest BCUT2D eigenvalue weighted by molar-refractivity contribution is 7.98. The highest BCUT2D eigenvalue weighted by Crippen LogP contribution is 2.21. The lowest BCUT2D eigenvalue weighted by Gasteiger charge is -2.10. The highest BCUT2D eigenvalue weighted by atomic mass is 35.5. The summed E-state index contributed by atoms with van der Waals surface area (Å²) in [6.07, 6.45) is 3.91. The molecule has 0 aliphatic heterocycles. The second-order valence-electron chi connectivity index (χ2n) is 3.35. The van der Waals surface area contributed by atoms with Gasteiger partial charge in [0, 0.05) is 12.1 Å². The number of aryl methyl sites for hydroxylation is 1. The molecule has 15 heavy (non-hydrogen) atoms. The SMILES string of the molecule is CSCN(C)C=Nc1ccc(Cl)cc1C. The summed E-state index contributed by atoms with van der Waals surface area (Å²) in [6, 6.07) is 5.71. The molecule has 0 aromatic heterocycles. The van der Waals surface area contributed by atoms with Crippen LogP contribution in [0.5, 0.6) is 0 Å². The molecular weight excluding hydrogens is 228 g/mol. The Kier molecular flexibility index (Phi) is 4.99. The van der Waals surface area contributed by atoms with Crippen molar-refractivity contribution < 1.29 is 0 Å². The molecule has 1 aromatic rings. The van der Waals surface area contributed by atoms with Crippen LogP contribution in [0.3, 0.4) is 0 Å². The molecular formula is C11H15ClN2S. The van der Waals surface area contributed by atoms with Crippen molar-refractivity contribution in [1.29, 1.82) is 0 Å². The minimum absolute atomic E-state index is 0.754. The predicted octanol–water partition coefficient (Wildman–Crippen LogP) is 3.56. The molecule has 4 heteroatoms. The van der Waals surface area contributed by atoms with E-state index in [0.717, 1.165) is 22.2 Å². The van der Waals surface area contributed by atoms with E-state index in [4.69, 9.17) is 11.6 Å². The second-order valence-corrected chi connectivity index (χ2v) is 4.62. The maximum atomic E-state index is 5.86. The van der Waals surface area contributed by atoms with Crippen LogP contribution in [-0.2, 0) is 0 Å². The number of halogens is 1. The summed E-state index contributed by atoms with van der Waals surface area (Å²) in [4.78, 5) is 6.43. The number of nitrogens with zero attached hydrogens (tertiary/aromatic N) is 2. The first kappa shape index (κ1) is 12.4. The molecule has 0 fully saturated rings. The quantitative estimate of drug-likeness (QED) is 0.456. The van der Waals surface area contributed by atoms with E-state index in [9.17, 15) is 0 Å². The third kappa shape index (κ3) is 4.14. The zero-order valence-electron chi connectivity index (χ0n) is 9.20. The monoisotopic (exact) mass is 242 g/mol. The number of thioether (sulfide) groups is 1. The van der Waals surface area contributed by atoms with Crippen molar-refractivity contribution in [2.45, 2.75) is 6.92 Å². The van der Waals surface area contributed by atoms with Crippen LogP contribution >= 0.6 is 23.4 Å². The van der Waals surface area contributed by atoms with Crippen molar-refractivity contribution in [3.8, 4) is 0 Å². The highest BCUT2D eigenvalue weighted by Gasteiger charge is 1.96. The predicted molar refractivity (Wildman–Crippen MR) is 70.5 cm³/mol. The summed E-state index contributed by atoms with van der Waals surface area (Å²) in [5, 5.41) is 0.754. The summed E-state index contributed by atoms with van der Waals surface area (Å²) in [5.74, 6) is 0.941. The average Bonchev–Trinajstić information content (AvgIpc) is 2.17. The Morgan fingerprint density at radius 2 is 2.27 bits per heavy atom. The summed E-state index contributed by atoms with van der Waals surface area (Å²) >= 11 is 7.63. The van der Waals surface area contributed by atoms with Crippen LogP contribution in [0, 0.1) is 6.92 Å². The zero-order valence-corrected chi connectivity index (χ0v) is 10.8. The Morgan fingerprint density at radius 3 is 2.87 bits per heavy atom. The van der Waals surface area contributed by atoms with Gasteiger partial charge in [-0.05, 0) is 36.9 Å². The van der Waals surface area contributed by atoms with Crippen LogP contribution in [0.4, 0.5) is 5.69 Å². The van der Waals surface area contributed by atoms with Crippen molar-refractivity contribution in [1.82, 2.24) is 4.90 Å². The maximum Gasteiger partial charge on any atom is 0.0916 e. The minimum atomic E-state index is 0.754. The molecule has 0 saturated carbocycles. The Balaban J connectivity index is 2.72. The topological polar surface area (TPSA) is 15.6 Å². The van der Waals surface area contributed by atoms with Crippen molar-refractivity contribution in [3.63, 3.8) is 0 Å². The molecule has 0 heterocycles. The van der Waals surface area contributed by atoms with E-state index in [2.05, 4.69) is 11.2 Å². The summed E-state index contributed by atoms with van der Waals surface area (Å²) in [6.45, 7) is 2.01. The fraction of sp³-hybridized carbons (Fsp3) is 0.364. The van der Waals surface area contributed by atoms with E-state index >= 15 is 0 Å². The van der Waals surface area contributed by atoms with E-state index in [-0.39, 0.29) is 0 Å². The van der Waals surface area contributed by atoms with E-state index in [1.807, 2.05) is 43.4 Å². The van der Waals surface area contributed by atoms with Crippen molar-refractivity contribution >= 4 is 35.4 Å². The molecule has 0 bridgehead atoms. The number of hydrogen-bond donors (Lipinski definition) is 0. The van der Waals surface area contributed by atoms with Crippen LogP contribution in [0.25, 0.3) is 0 Å². The average molecular weight is 243 g/mol. The molecule has 1 rings (SSSR count). The molecule has 82 valence electrons. The number of benzene rings is 1. The van der Waals surface area contributed by atoms with Crippen LogP contribution in [-0.4, -0.2) is 30.4 Å². The molecule has 0 N–H and O–H groups in total. The van der Waals surface area contributed by atoms with Gasteiger partial charge in [-0.1, -0.05) is 11.6 Å². The molecule has 0 amide bonds. The molecule has 0 aliphatic rings. The largest absolute Gasteiger partial charge is 0.356 e. The van der Waals surface area contributed by atoms with Gasteiger partial charge in [-0.15, -0.1) is 11.8 Å². The molecule has 0 aliphatic carbocycles. The van der Waals surface area contributed by atoms with Crippen LogP contribution < -0.4 is 0 Å². The van der Waals surface area contributed by atoms with Gasteiger partial charge in [0.2, 0.25) is 0 Å². The molecule has 0 atom stereocenters. The molecule has 0 saturated heterocycles. The summed E-state index contributed by atoms with van der Waals surface area (Å²) < 4.78 is 0.